The van der Waals surface area contributed by atoms with E-state index in [2.05, 4.69) is 4.98 Å². The van der Waals surface area contributed by atoms with Gasteiger partial charge in [-0.3, -0.25) is 4.79 Å². The van der Waals surface area contributed by atoms with Crippen LogP contribution in [0.3, 0.4) is 0 Å². The summed E-state index contributed by atoms with van der Waals surface area (Å²) in [5, 5.41) is 0.648. The summed E-state index contributed by atoms with van der Waals surface area (Å²) in [5.41, 5.74) is 8.76. The van der Waals surface area contributed by atoms with Gasteiger partial charge in [-0.2, -0.15) is 0 Å². The number of fused-ring (bicyclic) bond motifs is 1. The van der Waals surface area contributed by atoms with Gasteiger partial charge in [-0.25, -0.2) is 4.98 Å². The van der Waals surface area contributed by atoms with Crippen molar-refractivity contribution in [3.8, 4) is 0 Å². The fraction of sp³-hybridized carbons (Fsp3) is 0.333. The van der Waals surface area contributed by atoms with Crippen LogP contribution in [0, 0.1) is 0 Å². The number of aromatic nitrogens is 1. The monoisotopic (exact) mass is 383 g/mol. The molecular weight excluding hydrogens is 362 g/mol. The van der Waals surface area contributed by atoms with Crippen molar-refractivity contribution in [1.29, 1.82) is 0 Å². The third kappa shape index (κ3) is 3.99. The molecule has 2 N–H and O–H groups in total. The van der Waals surface area contributed by atoms with E-state index in [0.29, 0.717) is 24.5 Å². The molecule has 27 heavy (non-hydrogen) atoms. The van der Waals surface area contributed by atoms with Gasteiger partial charge in [-0.05, 0) is 43.0 Å². The van der Waals surface area contributed by atoms with Crippen molar-refractivity contribution >= 4 is 28.6 Å². The molecule has 5 nitrogen and oxygen atoms in total. The van der Waals surface area contributed by atoms with Crippen molar-refractivity contribution in [2.24, 2.45) is 5.73 Å². The van der Waals surface area contributed by atoms with E-state index in [4.69, 9.17) is 21.8 Å². The van der Waals surface area contributed by atoms with Crippen molar-refractivity contribution in [3.05, 3.63) is 65.0 Å². The number of amides is 1. The minimum absolute atomic E-state index is 0.0154. The Morgan fingerprint density at radius 3 is 2.70 bits per heavy atom. The Hall–Kier alpha value is -2.37. The largest absolute Gasteiger partial charge is 0.440 e. The van der Waals surface area contributed by atoms with E-state index in [9.17, 15) is 4.79 Å². The minimum Gasteiger partial charge on any atom is -0.440 e. The Kier molecular flexibility index (Phi) is 5.14. The lowest BCUT2D eigenvalue weighted by Crippen LogP contribution is -2.47. The van der Waals surface area contributed by atoms with Crippen LogP contribution in [-0.4, -0.2) is 34.9 Å². The van der Waals surface area contributed by atoms with Crippen molar-refractivity contribution in [1.82, 2.24) is 9.88 Å². The zero-order chi connectivity index (χ0) is 18.8. The highest BCUT2D eigenvalue weighted by Crippen LogP contribution is 2.31. The summed E-state index contributed by atoms with van der Waals surface area (Å²) in [6, 6.07) is 14.8. The van der Waals surface area contributed by atoms with Gasteiger partial charge in [-0.1, -0.05) is 41.9 Å². The van der Waals surface area contributed by atoms with Crippen LogP contribution in [0.5, 0.6) is 0 Å². The van der Waals surface area contributed by atoms with Crippen LogP contribution in [0.1, 0.15) is 30.2 Å². The SMILES string of the molecule is NC(Cc1ccccc1)C(=O)N1CCC(c2nc3cc(Cl)ccc3o2)CC1. The van der Waals surface area contributed by atoms with Gasteiger partial charge < -0.3 is 15.1 Å². The van der Waals surface area contributed by atoms with Gasteiger partial charge in [0.05, 0.1) is 6.04 Å². The van der Waals surface area contributed by atoms with E-state index >= 15 is 0 Å². The zero-order valence-corrected chi connectivity index (χ0v) is 15.7. The van der Waals surface area contributed by atoms with E-state index in [1.165, 1.54) is 0 Å². The smallest absolute Gasteiger partial charge is 0.239 e. The number of benzene rings is 2. The average molecular weight is 384 g/mol. The van der Waals surface area contributed by atoms with Crippen LogP contribution in [0.25, 0.3) is 11.1 Å². The molecule has 140 valence electrons. The Bertz CT molecular complexity index is 933. The highest BCUT2D eigenvalue weighted by atomic mass is 35.5. The van der Waals surface area contributed by atoms with E-state index in [-0.39, 0.29) is 11.8 Å². The molecule has 4 rings (SSSR count). The number of piperidine rings is 1. The van der Waals surface area contributed by atoms with Crippen molar-refractivity contribution < 1.29 is 9.21 Å². The summed E-state index contributed by atoms with van der Waals surface area (Å²) in [7, 11) is 0. The molecule has 1 unspecified atom stereocenters. The molecule has 1 fully saturated rings. The number of nitrogens with zero attached hydrogens (tertiary/aromatic N) is 2. The fourth-order valence-electron chi connectivity index (χ4n) is 3.63. The molecular formula is C21H22ClN3O2. The fourth-order valence-corrected chi connectivity index (χ4v) is 3.80. The Balaban J connectivity index is 1.37. The molecule has 0 spiro atoms. The van der Waals surface area contributed by atoms with Crippen LogP contribution in [0.4, 0.5) is 0 Å². The lowest BCUT2D eigenvalue weighted by Gasteiger charge is -2.32. The summed E-state index contributed by atoms with van der Waals surface area (Å²) in [6.07, 6.45) is 2.21. The van der Waals surface area contributed by atoms with Crippen molar-refractivity contribution in [2.75, 3.05) is 13.1 Å². The van der Waals surface area contributed by atoms with E-state index < -0.39 is 6.04 Å². The maximum absolute atomic E-state index is 12.7. The highest BCUT2D eigenvalue weighted by Gasteiger charge is 2.29. The first-order chi connectivity index (χ1) is 13.1. The molecule has 3 aromatic rings. The molecule has 1 aliphatic rings. The molecule has 1 saturated heterocycles. The molecule has 2 heterocycles. The number of carbonyl (C=O) groups is 1. The van der Waals surface area contributed by atoms with E-state index in [1.54, 1.807) is 6.07 Å². The number of carbonyl (C=O) groups excluding carboxylic acids is 1. The summed E-state index contributed by atoms with van der Waals surface area (Å²) in [4.78, 5) is 19.1. The second kappa shape index (κ2) is 7.71. The van der Waals surface area contributed by atoms with Crippen LogP contribution >= 0.6 is 11.6 Å². The van der Waals surface area contributed by atoms with Gasteiger partial charge in [-0.15, -0.1) is 0 Å². The number of nitrogens with two attached hydrogens (primary N) is 1. The molecule has 2 aromatic carbocycles. The molecule has 1 aliphatic heterocycles. The predicted molar refractivity (Wildman–Crippen MR) is 106 cm³/mol. The quantitative estimate of drug-likeness (QED) is 0.744. The number of rotatable bonds is 4. The van der Waals surface area contributed by atoms with E-state index in [1.807, 2.05) is 47.4 Å². The van der Waals surface area contributed by atoms with Gasteiger partial charge in [0.25, 0.3) is 0 Å². The van der Waals surface area contributed by atoms with Gasteiger partial charge >= 0.3 is 0 Å². The molecule has 0 bridgehead atoms. The zero-order valence-electron chi connectivity index (χ0n) is 15.0. The highest BCUT2D eigenvalue weighted by molar-refractivity contribution is 6.31. The maximum Gasteiger partial charge on any atom is 0.239 e. The molecule has 1 atom stereocenters. The number of halogens is 1. The van der Waals surface area contributed by atoms with Gasteiger partial charge in [0.2, 0.25) is 5.91 Å². The molecule has 0 saturated carbocycles. The third-order valence-electron chi connectivity index (χ3n) is 5.14. The second-order valence-electron chi connectivity index (χ2n) is 7.06. The lowest BCUT2D eigenvalue weighted by atomic mass is 9.95. The summed E-state index contributed by atoms with van der Waals surface area (Å²) in [6.45, 7) is 1.34. The van der Waals surface area contributed by atoms with Gasteiger partial charge in [0.1, 0.15) is 5.52 Å². The first-order valence-corrected chi connectivity index (χ1v) is 9.62. The number of hydrogen-bond acceptors (Lipinski definition) is 4. The molecule has 0 radical (unpaired) electrons. The average Bonchev–Trinajstić information content (AvgIpc) is 3.11. The Labute approximate surface area is 163 Å². The normalized spacial score (nSPS) is 16.6. The molecule has 0 aliphatic carbocycles. The maximum atomic E-state index is 12.7. The number of oxazole rings is 1. The standard InChI is InChI=1S/C21H22ClN3O2/c22-16-6-7-19-18(13-16)24-20(27-19)15-8-10-25(11-9-15)21(26)17(23)12-14-4-2-1-3-5-14/h1-7,13,15,17H,8-12,23H2. The summed E-state index contributed by atoms with van der Waals surface area (Å²) in [5.74, 6) is 0.958. The van der Waals surface area contributed by atoms with Crippen LogP contribution < -0.4 is 5.73 Å². The second-order valence-corrected chi connectivity index (χ2v) is 7.50. The predicted octanol–water partition coefficient (Wildman–Crippen LogP) is 3.76. The van der Waals surface area contributed by atoms with Gasteiger partial charge in [0, 0.05) is 24.0 Å². The van der Waals surface area contributed by atoms with Gasteiger partial charge in [0.15, 0.2) is 11.5 Å². The van der Waals surface area contributed by atoms with Crippen LogP contribution in [0.15, 0.2) is 52.9 Å². The van der Waals surface area contributed by atoms with E-state index in [0.717, 1.165) is 35.4 Å². The Morgan fingerprint density at radius 2 is 1.96 bits per heavy atom. The molecule has 1 aromatic heterocycles. The number of likely N-dealkylation sites (tertiary alicyclic amines) is 1. The lowest BCUT2D eigenvalue weighted by molar-refractivity contribution is -0.133. The topological polar surface area (TPSA) is 72.4 Å². The molecule has 1 amide bonds. The van der Waals surface area contributed by atoms with Crippen LogP contribution in [-0.2, 0) is 11.2 Å². The summed E-state index contributed by atoms with van der Waals surface area (Å²) >= 11 is 6.02. The minimum atomic E-state index is -0.504. The summed E-state index contributed by atoms with van der Waals surface area (Å²) < 4.78 is 5.89. The number of hydrogen-bond donors (Lipinski definition) is 1. The first kappa shape index (κ1) is 18.0. The first-order valence-electron chi connectivity index (χ1n) is 9.24. The van der Waals surface area contributed by atoms with Crippen LogP contribution in [0.2, 0.25) is 5.02 Å². The third-order valence-corrected chi connectivity index (χ3v) is 5.37. The Morgan fingerprint density at radius 1 is 1.22 bits per heavy atom. The van der Waals surface area contributed by atoms with Crippen molar-refractivity contribution in [2.45, 2.75) is 31.2 Å². The molecule has 6 heteroatoms. The van der Waals surface area contributed by atoms with Crippen molar-refractivity contribution in [3.63, 3.8) is 0 Å².